The molecule has 0 bridgehead atoms. The van der Waals surface area contributed by atoms with Crippen LogP contribution in [0.1, 0.15) is 34.7 Å². The van der Waals surface area contributed by atoms with E-state index < -0.39 is 0 Å². The third-order valence-corrected chi connectivity index (χ3v) is 3.12. The van der Waals surface area contributed by atoms with Gasteiger partial charge in [0.1, 0.15) is 0 Å². The molecule has 16 heavy (non-hydrogen) atoms. The van der Waals surface area contributed by atoms with E-state index in [9.17, 15) is 0 Å². The molecule has 0 aliphatic rings. The molecule has 0 N–H and O–H groups in total. The largest absolute Gasteiger partial charge is 2.00 e. The minimum absolute atomic E-state index is 0. The van der Waals surface area contributed by atoms with Crippen molar-refractivity contribution in [2.24, 2.45) is 0 Å². The van der Waals surface area contributed by atoms with Gasteiger partial charge in [0.15, 0.2) is 0 Å². The third kappa shape index (κ3) is 4.48. The molecule has 0 saturated carbocycles. The molecular weight excluding hydrogens is 232 g/mol. The van der Waals surface area contributed by atoms with E-state index in [1.54, 1.807) is 6.08 Å². The standard InChI is InChI=1S/C10H15.C5H7.Cr/c1-6-7(2)9(4)10(5)8(6)3;1-3-5-4-2;/h1-5H3;1,3-5H,2H3;/q2*-1;+2. The number of hydrogen-bond donors (Lipinski definition) is 0. The summed E-state index contributed by atoms with van der Waals surface area (Å²) in [5, 5.41) is 0. The fourth-order valence-corrected chi connectivity index (χ4v) is 1.52. The van der Waals surface area contributed by atoms with Crippen LogP contribution in [0.5, 0.6) is 0 Å². The molecule has 0 spiro atoms. The Morgan fingerprint density at radius 1 is 1.00 bits per heavy atom. The van der Waals surface area contributed by atoms with Gasteiger partial charge in [0.2, 0.25) is 0 Å². The Labute approximate surface area is 112 Å². The van der Waals surface area contributed by atoms with Crippen LogP contribution in [-0.4, -0.2) is 0 Å². The van der Waals surface area contributed by atoms with Crippen LogP contribution in [0.15, 0.2) is 18.2 Å². The molecule has 0 heterocycles. The first kappa shape index (κ1) is 17.7. The molecule has 0 unspecified atom stereocenters. The van der Waals surface area contributed by atoms with Crippen molar-refractivity contribution >= 4 is 0 Å². The third-order valence-electron chi connectivity index (χ3n) is 3.12. The molecule has 0 amide bonds. The molecule has 0 nitrogen and oxygen atoms in total. The first-order chi connectivity index (χ1) is 6.97. The molecule has 0 radical (unpaired) electrons. The van der Waals surface area contributed by atoms with Gasteiger partial charge in [-0.05, 0) is 0 Å². The van der Waals surface area contributed by atoms with Crippen molar-refractivity contribution in [1.29, 1.82) is 0 Å². The zero-order valence-electron chi connectivity index (χ0n) is 11.2. The van der Waals surface area contributed by atoms with E-state index >= 15 is 0 Å². The average Bonchev–Trinajstić information content (AvgIpc) is 2.39. The van der Waals surface area contributed by atoms with Crippen LogP contribution in [0.4, 0.5) is 0 Å². The molecule has 88 valence electrons. The number of rotatable bonds is 1. The first-order valence-electron chi connectivity index (χ1n) is 5.33. The second kappa shape index (κ2) is 8.51. The zero-order chi connectivity index (χ0) is 12.0. The van der Waals surface area contributed by atoms with E-state index in [1.807, 2.05) is 13.0 Å². The van der Waals surface area contributed by atoms with Crippen LogP contribution in [0.25, 0.3) is 0 Å². The normalized spacial score (nSPS) is 9.38. The molecule has 1 heteroatoms. The summed E-state index contributed by atoms with van der Waals surface area (Å²) in [6, 6.07) is 0. The van der Waals surface area contributed by atoms with Crippen molar-refractivity contribution in [1.82, 2.24) is 0 Å². The van der Waals surface area contributed by atoms with E-state index in [4.69, 9.17) is 6.58 Å². The molecule has 1 aromatic rings. The van der Waals surface area contributed by atoms with Gasteiger partial charge in [0, 0.05) is 0 Å². The van der Waals surface area contributed by atoms with Crippen molar-refractivity contribution in [3.63, 3.8) is 0 Å². The predicted octanol–water partition coefficient (Wildman–Crippen LogP) is 4.50. The average molecular weight is 254 g/mol. The Morgan fingerprint density at radius 3 is 1.44 bits per heavy atom. The summed E-state index contributed by atoms with van der Waals surface area (Å²) in [4.78, 5) is 0. The Balaban J connectivity index is 0. The van der Waals surface area contributed by atoms with E-state index in [2.05, 4.69) is 34.6 Å². The van der Waals surface area contributed by atoms with E-state index in [-0.39, 0.29) is 17.4 Å². The molecular formula is C15H22Cr. The molecule has 0 aromatic heterocycles. The molecule has 1 aromatic carbocycles. The van der Waals surface area contributed by atoms with Crippen molar-refractivity contribution in [3.8, 4) is 0 Å². The van der Waals surface area contributed by atoms with Crippen molar-refractivity contribution in [2.45, 2.75) is 41.5 Å². The van der Waals surface area contributed by atoms with Gasteiger partial charge < -0.3 is 0 Å². The Hall–Kier alpha value is -0.638. The van der Waals surface area contributed by atoms with Gasteiger partial charge in [-0.15, -0.1) is 0 Å². The van der Waals surface area contributed by atoms with Crippen LogP contribution in [0, 0.1) is 41.2 Å². The summed E-state index contributed by atoms with van der Waals surface area (Å²) in [5.41, 5.74) is 7.34. The van der Waals surface area contributed by atoms with Crippen molar-refractivity contribution < 1.29 is 17.4 Å². The van der Waals surface area contributed by atoms with Crippen LogP contribution < -0.4 is 0 Å². The second-order valence-corrected chi connectivity index (χ2v) is 3.84. The molecule has 0 fully saturated rings. The summed E-state index contributed by atoms with van der Waals surface area (Å²) in [5.74, 6) is 0. The maximum absolute atomic E-state index is 4.93. The summed E-state index contributed by atoms with van der Waals surface area (Å²) < 4.78 is 0. The molecule has 0 saturated heterocycles. The summed E-state index contributed by atoms with van der Waals surface area (Å²) in [6.07, 6.45) is 5.15. The van der Waals surface area contributed by atoms with Gasteiger partial charge in [0.25, 0.3) is 0 Å². The molecule has 1 rings (SSSR count). The maximum atomic E-state index is 4.93. The number of hydrogen-bond acceptors (Lipinski definition) is 0. The topological polar surface area (TPSA) is 0 Å². The Bertz CT molecular complexity index is 274. The summed E-state index contributed by atoms with van der Waals surface area (Å²) in [7, 11) is 0. The SMILES string of the molecule is Cc1c(C)c(C)[c-](C)c1C.[CH-]=CC=CC.[Cr+2]. The molecule has 0 aliphatic carbocycles. The Kier molecular flexibility index (Phi) is 9.44. The minimum atomic E-state index is 0. The Morgan fingerprint density at radius 2 is 1.38 bits per heavy atom. The quantitative estimate of drug-likeness (QED) is 0.511. The van der Waals surface area contributed by atoms with E-state index in [1.165, 1.54) is 33.9 Å². The van der Waals surface area contributed by atoms with Gasteiger partial charge in [-0.1, -0.05) is 41.5 Å². The van der Waals surface area contributed by atoms with Crippen LogP contribution in [-0.2, 0) is 17.4 Å². The predicted molar refractivity (Wildman–Crippen MR) is 69.4 cm³/mol. The van der Waals surface area contributed by atoms with Gasteiger partial charge in [0.05, 0.1) is 0 Å². The van der Waals surface area contributed by atoms with Gasteiger partial charge >= 0.3 is 17.4 Å². The van der Waals surface area contributed by atoms with E-state index in [0.717, 1.165) is 0 Å². The fourth-order valence-electron chi connectivity index (χ4n) is 1.52. The zero-order valence-corrected chi connectivity index (χ0v) is 12.5. The minimum Gasteiger partial charge on any atom is -0.293 e. The first-order valence-corrected chi connectivity index (χ1v) is 5.33. The maximum Gasteiger partial charge on any atom is 2.00 e. The monoisotopic (exact) mass is 254 g/mol. The molecule has 0 atom stereocenters. The smallest absolute Gasteiger partial charge is 0.293 e. The van der Waals surface area contributed by atoms with E-state index in [0.29, 0.717) is 0 Å². The van der Waals surface area contributed by atoms with Crippen LogP contribution in [0.3, 0.4) is 0 Å². The van der Waals surface area contributed by atoms with Crippen molar-refractivity contribution in [2.75, 3.05) is 0 Å². The summed E-state index contributed by atoms with van der Waals surface area (Å²) in [6.45, 7) is 17.8. The van der Waals surface area contributed by atoms with Gasteiger partial charge in [-0.25, -0.2) is 12.2 Å². The van der Waals surface area contributed by atoms with Crippen LogP contribution >= 0.6 is 0 Å². The summed E-state index contributed by atoms with van der Waals surface area (Å²) >= 11 is 0. The van der Waals surface area contributed by atoms with Gasteiger partial charge in [-0.3, -0.25) is 6.58 Å². The second-order valence-electron chi connectivity index (χ2n) is 3.84. The molecule has 0 aliphatic heterocycles. The van der Waals surface area contributed by atoms with Crippen LogP contribution in [0.2, 0.25) is 0 Å². The number of allylic oxidation sites excluding steroid dienone is 3. The van der Waals surface area contributed by atoms with Crippen molar-refractivity contribution in [3.05, 3.63) is 52.6 Å². The van der Waals surface area contributed by atoms with Gasteiger partial charge in [-0.2, -0.15) is 33.9 Å². The fraction of sp³-hybridized carbons (Fsp3) is 0.400.